The van der Waals surface area contributed by atoms with Crippen LogP contribution < -0.4 is 25.0 Å². The van der Waals surface area contributed by atoms with Crippen molar-refractivity contribution >= 4 is 23.4 Å². The molecule has 1 aromatic carbocycles. The third-order valence-corrected chi connectivity index (χ3v) is 5.13. The van der Waals surface area contributed by atoms with Gasteiger partial charge in [0.15, 0.2) is 0 Å². The number of methoxy groups -OCH3 is 2. The molecule has 9 nitrogen and oxygen atoms in total. The topological polar surface area (TPSA) is 96.0 Å². The molecule has 0 saturated carbocycles. The van der Waals surface area contributed by atoms with Crippen LogP contribution in [-0.2, 0) is 0 Å². The lowest BCUT2D eigenvalue weighted by Crippen LogP contribution is -2.35. The number of nitrogens with one attached hydrogen (secondary N) is 2. The van der Waals surface area contributed by atoms with Crippen molar-refractivity contribution in [1.29, 1.82) is 0 Å². The second-order valence-corrected chi connectivity index (χ2v) is 7.89. The van der Waals surface area contributed by atoms with Crippen LogP contribution in [0.5, 0.6) is 11.5 Å². The van der Waals surface area contributed by atoms with Crippen molar-refractivity contribution in [1.82, 2.24) is 15.2 Å². The van der Waals surface area contributed by atoms with E-state index in [0.717, 1.165) is 18.8 Å². The van der Waals surface area contributed by atoms with Crippen LogP contribution in [0, 0.1) is 0 Å². The first-order chi connectivity index (χ1) is 15.4. The van der Waals surface area contributed by atoms with Gasteiger partial charge in [0.1, 0.15) is 17.3 Å². The maximum absolute atomic E-state index is 13.1. The van der Waals surface area contributed by atoms with Gasteiger partial charge >= 0.3 is 6.03 Å². The van der Waals surface area contributed by atoms with Gasteiger partial charge in [-0.2, -0.15) is 0 Å². The van der Waals surface area contributed by atoms with Crippen LogP contribution in [0.1, 0.15) is 30.6 Å². The van der Waals surface area contributed by atoms with Crippen molar-refractivity contribution in [2.45, 2.75) is 26.3 Å². The van der Waals surface area contributed by atoms with E-state index >= 15 is 0 Å². The second-order valence-electron chi connectivity index (χ2n) is 7.89. The Hall–Kier alpha value is -3.49. The summed E-state index contributed by atoms with van der Waals surface area (Å²) in [5, 5.41) is 5.55. The molecule has 2 aromatic rings. The van der Waals surface area contributed by atoms with Crippen LogP contribution in [0.4, 0.5) is 16.3 Å². The van der Waals surface area contributed by atoms with Gasteiger partial charge in [0.05, 0.1) is 26.1 Å². The van der Waals surface area contributed by atoms with Gasteiger partial charge in [-0.1, -0.05) is 0 Å². The normalized spacial score (nSPS) is 14.0. The van der Waals surface area contributed by atoms with Gasteiger partial charge in [0.25, 0.3) is 5.91 Å². The molecule has 2 heterocycles. The molecule has 1 aliphatic rings. The minimum Gasteiger partial charge on any atom is -0.497 e. The summed E-state index contributed by atoms with van der Waals surface area (Å²) in [6.07, 6.45) is 2.47. The van der Waals surface area contributed by atoms with E-state index < -0.39 is 0 Å². The standard InChI is InChI=1S/C23H31N5O4/c1-16(2)25-23(30)26-18-6-7-21(24-15-18)27-8-5-9-28(11-10-27)22(29)17-12-19(31-3)14-20(13-17)32-4/h6-7,12-16H,5,8-11H2,1-4H3,(H2,25,26,30). The lowest BCUT2D eigenvalue weighted by atomic mass is 10.1. The number of benzene rings is 1. The Morgan fingerprint density at radius 3 is 2.31 bits per heavy atom. The van der Waals surface area contributed by atoms with Crippen molar-refractivity contribution < 1.29 is 19.1 Å². The summed E-state index contributed by atoms with van der Waals surface area (Å²) < 4.78 is 10.6. The van der Waals surface area contributed by atoms with Crippen LogP contribution in [0.2, 0.25) is 0 Å². The average Bonchev–Trinajstić information content (AvgIpc) is 3.04. The molecule has 9 heteroatoms. The highest BCUT2D eigenvalue weighted by Crippen LogP contribution is 2.24. The number of aromatic nitrogens is 1. The summed E-state index contributed by atoms with van der Waals surface area (Å²) in [6, 6.07) is 8.73. The zero-order valence-corrected chi connectivity index (χ0v) is 19.1. The van der Waals surface area contributed by atoms with Crippen molar-refractivity contribution in [2.24, 2.45) is 0 Å². The molecule has 1 aliphatic heterocycles. The predicted molar refractivity (Wildman–Crippen MR) is 124 cm³/mol. The van der Waals surface area contributed by atoms with E-state index in [1.165, 1.54) is 0 Å². The molecule has 0 atom stereocenters. The van der Waals surface area contributed by atoms with Crippen LogP contribution in [-0.4, -0.2) is 68.3 Å². The van der Waals surface area contributed by atoms with E-state index in [-0.39, 0.29) is 18.0 Å². The second kappa shape index (κ2) is 10.7. The van der Waals surface area contributed by atoms with Crippen LogP contribution in [0.15, 0.2) is 36.5 Å². The van der Waals surface area contributed by atoms with E-state index in [2.05, 4.69) is 20.5 Å². The van der Waals surface area contributed by atoms with Crippen molar-refractivity contribution in [2.75, 3.05) is 50.6 Å². The average molecular weight is 442 g/mol. The van der Waals surface area contributed by atoms with Crippen LogP contribution in [0.3, 0.4) is 0 Å². The Morgan fingerprint density at radius 2 is 1.72 bits per heavy atom. The van der Waals surface area contributed by atoms with E-state index in [9.17, 15) is 9.59 Å². The monoisotopic (exact) mass is 441 g/mol. The van der Waals surface area contributed by atoms with Crippen LogP contribution >= 0.6 is 0 Å². The smallest absolute Gasteiger partial charge is 0.319 e. The number of amides is 3. The molecular formula is C23H31N5O4. The van der Waals surface area contributed by atoms with Crippen molar-refractivity contribution in [3.05, 3.63) is 42.1 Å². The fraction of sp³-hybridized carbons (Fsp3) is 0.435. The maximum atomic E-state index is 13.1. The molecule has 0 bridgehead atoms. The molecule has 172 valence electrons. The van der Waals surface area contributed by atoms with Crippen molar-refractivity contribution in [3.63, 3.8) is 0 Å². The number of hydrogen-bond acceptors (Lipinski definition) is 6. The number of rotatable bonds is 6. The summed E-state index contributed by atoms with van der Waals surface area (Å²) >= 11 is 0. The van der Waals surface area contributed by atoms with Crippen molar-refractivity contribution in [3.8, 4) is 11.5 Å². The predicted octanol–water partition coefficient (Wildman–Crippen LogP) is 2.98. The van der Waals surface area contributed by atoms with Gasteiger partial charge in [-0.05, 0) is 44.5 Å². The number of anilines is 2. The number of carbonyl (C=O) groups excluding carboxylic acids is 2. The molecule has 1 saturated heterocycles. The maximum Gasteiger partial charge on any atom is 0.319 e. The summed E-state index contributed by atoms with van der Waals surface area (Å²) in [4.78, 5) is 33.4. The molecule has 0 aliphatic carbocycles. The summed E-state index contributed by atoms with van der Waals surface area (Å²) in [6.45, 7) is 6.50. The minimum atomic E-state index is -0.257. The summed E-state index contributed by atoms with van der Waals surface area (Å²) in [7, 11) is 3.13. The molecule has 32 heavy (non-hydrogen) atoms. The Kier molecular flexibility index (Phi) is 7.75. The number of ether oxygens (including phenoxy) is 2. The molecule has 2 N–H and O–H groups in total. The SMILES string of the molecule is COc1cc(OC)cc(C(=O)N2CCCN(c3ccc(NC(=O)NC(C)C)cn3)CC2)c1. The lowest BCUT2D eigenvalue weighted by molar-refractivity contribution is 0.0766. The number of carbonyl (C=O) groups is 2. The molecule has 0 spiro atoms. The van der Waals surface area contributed by atoms with Gasteiger partial charge in [-0.3, -0.25) is 4.79 Å². The highest BCUT2D eigenvalue weighted by atomic mass is 16.5. The Morgan fingerprint density at radius 1 is 1.00 bits per heavy atom. The van der Waals surface area contributed by atoms with Crippen LogP contribution in [0.25, 0.3) is 0 Å². The molecule has 3 amide bonds. The van der Waals surface area contributed by atoms with Gasteiger partial charge in [0.2, 0.25) is 0 Å². The third kappa shape index (κ3) is 6.03. The van der Waals surface area contributed by atoms with Gasteiger partial charge in [-0.15, -0.1) is 0 Å². The zero-order chi connectivity index (χ0) is 23.1. The van der Waals surface area contributed by atoms with E-state index in [1.807, 2.05) is 30.9 Å². The summed E-state index contributed by atoms with van der Waals surface area (Å²) in [5.41, 5.74) is 1.17. The molecular weight excluding hydrogens is 410 g/mol. The Bertz CT molecular complexity index is 910. The first-order valence-corrected chi connectivity index (χ1v) is 10.7. The third-order valence-electron chi connectivity index (χ3n) is 5.13. The highest BCUT2D eigenvalue weighted by molar-refractivity contribution is 5.95. The lowest BCUT2D eigenvalue weighted by Gasteiger charge is -2.23. The number of nitrogens with zero attached hydrogens (tertiary/aromatic N) is 3. The number of urea groups is 1. The van der Waals surface area contributed by atoms with E-state index in [4.69, 9.17) is 9.47 Å². The Balaban J connectivity index is 1.62. The molecule has 0 unspecified atom stereocenters. The fourth-order valence-electron chi connectivity index (χ4n) is 3.54. The van der Waals surface area contributed by atoms with E-state index in [1.54, 1.807) is 38.6 Å². The molecule has 3 rings (SSSR count). The van der Waals surface area contributed by atoms with Gasteiger partial charge in [0, 0.05) is 43.9 Å². The minimum absolute atomic E-state index is 0.0484. The highest BCUT2D eigenvalue weighted by Gasteiger charge is 2.22. The van der Waals surface area contributed by atoms with Gasteiger partial charge < -0.3 is 29.9 Å². The quantitative estimate of drug-likeness (QED) is 0.716. The first-order valence-electron chi connectivity index (χ1n) is 10.7. The number of hydrogen-bond donors (Lipinski definition) is 2. The zero-order valence-electron chi connectivity index (χ0n) is 19.1. The fourth-order valence-corrected chi connectivity index (χ4v) is 3.54. The first kappa shape index (κ1) is 23.2. The van der Waals surface area contributed by atoms with E-state index in [0.29, 0.717) is 42.4 Å². The largest absolute Gasteiger partial charge is 0.497 e. The van der Waals surface area contributed by atoms with Gasteiger partial charge in [-0.25, -0.2) is 9.78 Å². The Labute approximate surface area is 188 Å². The molecule has 0 radical (unpaired) electrons. The molecule has 1 aromatic heterocycles. The molecule has 1 fully saturated rings. The number of pyridine rings is 1. The summed E-state index contributed by atoms with van der Waals surface area (Å²) in [5.74, 6) is 1.94.